The molecule has 0 bridgehead atoms. The van der Waals surface area contributed by atoms with E-state index >= 15 is 0 Å². The number of carbonyl (C=O) groups excluding carboxylic acids is 2. The first-order chi connectivity index (χ1) is 15.5. The Morgan fingerprint density at radius 3 is 2.56 bits per heavy atom. The van der Waals surface area contributed by atoms with Gasteiger partial charge in [-0.1, -0.05) is 30.3 Å². The normalized spacial score (nSPS) is 10.6. The molecule has 0 aliphatic carbocycles. The van der Waals surface area contributed by atoms with Gasteiger partial charge in [0.2, 0.25) is 5.95 Å². The quantitative estimate of drug-likeness (QED) is 0.262. The van der Waals surface area contributed by atoms with E-state index in [1.807, 2.05) is 18.2 Å². The minimum Gasteiger partial charge on any atom is -0.465 e. The highest BCUT2D eigenvalue weighted by molar-refractivity contribution is 6.13. The van der Waals surface area contributed by atoms with Crippen LogP contribution in [0.1, 0.15) is 26.5 Å². The Hall–Kier alpha value is -4.67. The fraction of sp³-hybridized carbons (Fsp3) is 0.0952. The van der Waals surface area contributed by atoms with Crippen molar-refractivity contribution in [1.82, 2.24) is 25.3 Å². The van der Waals surface area contributed by atoms with Crippen molar-refractivity contribution in [2.45, 2.75) is 6.42 Å². The number of carbonyl (C=O) groups is 3. The lowest BCUT2D eigenvalue weighted by Gasteiger charge is -2.11. The number of benzene rings is 2. The molecule has 0 saturated heterocycles. The summed E-state index contributed by atoms with van der Waals surface area (Å²) in [6, 6.07) is 14.3. The molecular weight excluding hydrogens is 414 g/mol. The van der Waals surface area contributed by atoms with Crippen LogP contribution >= 0.6 is 0 Å². The van der Waals surface area contributed by atoms with Crippen molar-refractivity contribution >= 4 is 40.6 Å². The van der Waals surface area contributed by atoms with Crippen LogP contribution in [0.2, 0.25) is 0 Å². The summed E-state index contributed by atoms with van der Waals surface area (Å²) in [5.41, 5.74) is 2.59. The summed E-state index contributed by atoms with van der Waals surface area (Å²) < 4.78 is 0. The molecule has 2 aromatic heterocycles. The van der Waals surface area contributed by atoms with Crippen LogP contribution in [-0.4, -0.2) is 49.5 Å². The van der Waals surface area contributed by atoms with Crippen LogP contribution in [0.5, 0.6) is 0 Å². The highest BCUT2D eigenvalue weighted by Gasteiger charge is 2.22. The van der Waals surface area contributed by atoms with Gasteiger partial charge in [-0.2, -0.15) is 0 Å². The Labute approximate surface area is 181 Å². The largest absolute Gasteiger partial charge is 0.465 e. The summed E-state index contributed by atoms with van der Waals surface area (Å²) in [6.07, 6.45) is 0.514. The molecule has 0 unspecified atom stereocenters. The average Bonchev–Trinajstić information content (AvgIpc) is 3.41. The highest BCUT2D eigenvalue weighted by atomic mass is 16.4. The van der Waals surface area contributed by atoms with Gasteiger partial charge in [-0.3, -0.25) is 14.9 Å². The molecule has 0 spiro atoms. The zero-order chi connectivity index (χ0) is 22.5. The first-order valence-corrected chi connectivity index (χ1v) is 9.67. The molecule has 0 saturated carbocycles. The predicted molar refractivity (Wildman–Crippen MR) is 117 cm³/mol. The maximum Gasteiger partial charge on any atom is 0.404 e. The summed E-state index contributed by atoms with van der Waals surface area (Å²) in [6.45, 7) is 0.192. The number of amides is 3. The highest BCUT2D eigenvalue weighted by Crippen LogP contribution is 2.18. The van der Waals surface area contributed by atoms with E-state index in [-0.39, 0.29) is 23.9 Å². The topological polar surface area (TPSA) is 165 Å². The van der Waals surface area contributed by atoms with Gasteiger partial charge in [0.25, 0.3) is 11.8 Å². The third-order valence-corrected chi connectivity index (χ3v) is 4.64. The van der Waals surface area contributed by atoms with E-state index in [1.165, 1.54) is 6.33 Å². The molecule has 0 radical (unpaired) electrons. The van der Waals surface area contributed by atoms with Crippen molar-refractivity contribution in [1.29, 1.82) is 0 Å². The zero-order valence-corrected chi connectivity index (χ0v) is 16.7. The average molecular weight is 433 g/mol. The molecular formula is C21H19N7O4. The summed E-state index contributed by atoms with van der Waals surface area (Å²) in [5, 5.41) is 16.4. The van der Waals surface area contributed by atoms with E-state index in [0.29, 0.717) is 17.6 Å². The number of aromatic amines is 2. The maximum atomic E-state index is 12.8. The molecule has 162 valence electrons. The van der Waals surface area contributed by atoms with Gasteiger partial charge in [0.1, 0.15) is 5.69 Å². The van der Waals surface area contributed by atoms with Gasteiger partial charge >= 0.3 is 6.09 Å². The van der Waals surface area contributed by atoms with Gasteiger partial charge in [-0.25, -0.2) is 14.8 Å². The van der Waals surface area contributed by atoms with Crippen molar-refractivity contribution in [2.75, 3.05) is 17.2 Å². The Kier molecular flexibility index (Phi) is 5.79. The first kappa shape index (κ1) is 20.6. The minimum atomic E-state index is -1.12. The number of anilines is 2. The molecule has 0 aliphatic rings. The number of aromatic nitrogens is 4. The Morgan fingerprint density at radius 2 is 1.75 bits per heavy atom. The minimum absolute atomic E-state index is 0.0166. The van der Waals surface area contributed by atoms with Crippen molar-refractivity contribution in [3.63, 3.8) is 0 Å². The van der Waals surface area contributed by atoms with Gasteiger partial charge < -0.3 is 25.7 Å². The molecule has 32 heavy (non-hydrogen) atoms. The Morgan fingerprint density at radius 1 is 0.969 bits per heavy atom. The Bertz CT molecular complexity index is 1260. The zero-order valence-electron chi connectivity index (χ0n) is 16.7. The Balaban J connectivity index is 1.48. The van der Waals surface area contributed by atoms with E-state index in [0.717, 1.165) is 11.1 Å². The third-order valence-electron chi connectivity index (χ3n) is 4.64. The SMILES string of the molecule is O=C(O)NCCc1ccccc1NC(=O)c1[nH]cnc1C(=O)Nc1nc2ccccc2[nH]1. The summed E-state index contributed by atoms with van der Waals surface area (Å²) in [4.78, 5) is 50.1. The monoisotopic (exact) mass is 433 g/mol. The van der Waals surface area contributed by atoms with Crippen LogP contribution in [-0.2, 0) is 6.42 Å². The van der Waals surface area contributed by atoms with E-state index < -0.39 is 17.9 Å². The van der Waals surface area contributed by atoms with E-state index in [1.54, 1.807) is 30.3 Å². The number of nitrogens with zero attached hydrogens (tertiary/aromatic N) is 2. The fourth-order valence-corrected chi connectivity index (χ4v) is 3.17. The number of hydrogen-bond acceptors (Lipinski definition) is 5. The van der Waals surface area contributed by atoms with Crippen molar-refractivity contribution in [3.05, 3.63) is 71.8 Å². The molecule has 11 nitrogen and oxygen atoms in total. The predicted octanol–water partition coefficient (Wildman–Crippen LogP) is 2.60. The van der Waals surface area contributed by atoms with Gasteiger partial charge in [-0.15, -0.1) is 0 Å². The molecule has 2 aromatic carbocycles. The van der Waals surface area contributed by atoms with Gasteiger partial charge in [-0.05, 0) is 30.2 Å². The molecule has 11 heteroatoms. The lowest BCUT2D eigenvalue weighted by molar-refractivity contribution is 0.0985. The van der Waals surface area contributed by atoms with Crippen LogP contribution in [0.15, 0.2) is 54.9 Å². The fourth-order valence-electron chi connectivity index (χ4n) is 3.17. The number of para-hydroxylation sites is 3. The lowest BCUT2D eigenvalue weighted by Crippen LogP contribution is -2.24. The number of imidazole rings is 2. The van der Waals surface area contributed by atoms with Crippen LogP contribution in [0.4, 0.5) is 16.4 Å². The molecule has 2 heterocycles. The van der Waals surface area contributed by atoms with Gasteiger partial charge in [0, 0.05) is 12.2 Å². The van der Waals surface area contributed by atoms with Gasteiger partial charge in [0.05, 0.1) is 17.4 Å². The second kappa shape index (κ2) is 9.00. The number of fused-ring (bicyclic) bond motifs is 1. The third kappa shape index (κ3) is 4.56. The summed E-state index contributed by atoms with van der Waals surface area (Å²) >= 11 is 0. The second-order valence-corrected chi connectivity index (χ2v) is 6.78. The summed E-state index contributed by atoms with van der Waals surface area (Å²) in [7, 11) is 0. The van der Waals surface area contributed by atoms with E-state index in [9.17, 15) is 14.4 Å². The molecule has 0 aliphatic heterocycles. The van der Waals surface area contributed by atoms with Crippen LogP contribution in [0, 0.1) is 0 Å². The molecule has 6 N–H and O–H groups in total. The number of rotatable bonds is 7. The van der Waals surface area contributed by atoms with Crippen molar-refractivity contribution in [3.8, 4) is 0 Å². The van der Waals surface area contributed by atoms with Crippen LogP contribution in [0.25, 0.3) is 11.0 Å². The maximum absolute atomic E-state index is 12.8. The molecule has 0 fully saturated rings. The van der Waals surface area contributed by atoms with Crippen molar-refractivity contribution in [2.24, 2.45) is 0 Å². The van der Waals surface area contributed by atoms with Crippen LogP contribution < -0.4 is 16.0 Å². The smallest absolute Gasteiger partial charge is 0.404 e. The van der Waals surface area contributed by atoms with E-state index in [4.69, 9.17) is 5.11 Å². The van der Waals surface area contributed by atoms with Crippen LogP contribution in [0.3, 0.4) is 0 Å². The standard InChI is InChI=1S/C21H19N7O4/c29-18(25-13-6-2-1-5-12(13)9-10-22-21(31)32)16-17(24-11-23-16)19(30)28-20-26-14-7-3-4-8-15(14)27-20/h1-8,11,22H,9-10H2,(H,23,24)(H,25,29)(H,31,32)(H2,26,27,28,30). The first-order valence-electron chi connectivity index (χ1n) is 9.67. The molecule has 4 rings (SSSR count). The van der Waals surface area contributed by atoms with E-state index in [2.05, 4.69) is 35.9 Å². The lowest BCUT2D eigenvalue weighted by atomic mass is 10.1. The van der Waals surface area contributed by atoms with Gasteiger partial charge in [0.15, 0.2) is 5.69 Å². The number of carboxylic acid groups (broad SMARTS) is 1. The number of hydrogen-bond donors (Lipinski definition) is 6. The number of nitrogens with one attached hydrogen (secondary N) is 5. The molecule has 0 atom stereocenters. The summed E-state index contributed by atoms with van der Waals surface area (Å²) in [5.74, 6) is -0.924. The van der Waals surface area contributed by atoms with Crippen molar-refractivity contribution < 1.29 is 19.5 Å². The second-order valence-electron chi connectivity index (χ2n) is 6.78. The molecule has 3 amide bonds. The molecule has 4 aromatic rings. The number of H-pyrrole nitrogens is 2.